The van der Waals surface area contributed by atoms with Crippen molar-refractivity contribution >= 4 is 34.6 Å². The Kier molecular flexibility index (Phi) is 5.69. The van der Waals surface area contributed by atoms with E-state index in [4.69, 9.17) is 11.6 Å². The Hall–Kier alpha value is -1.54. The molecule has 0 radical (unpaired) electrons. The number of carbonyl (C=O) groups excluding carboxylic acids is 1. The van der Waals surface area contributed by atoms with Crippen LogP contribution in [0.2, 0.25) is 5.02 Å². The van der Waals surface area contributed by atoms with E-state index < -0.39 is 23.1 Å². The highest BCUT2D eigenvalue weighted by molar-refractivity contribution is 7.89. The third-order valence-electron chi connectivity index (χ3n) is 2.97. The largest absolute Gasteiger partial charge is 0.593 e. The van der Waals surface area contributed by atoms with Crippen LogP contribution in [0, 0.1) is 5.82 Å². The minimum atomic E-state index is -1.42. The van der Waals surface area contributed by atoms with Gasteiger partial charge >= 0.3 is 0 Å². The molecule has 1 atom stereocenters. The van der Waals surface area contributed by atoms with Crippen molar-refractivity contribution in [3.63, 3.8) is 0 Å². The molecule has 124 valence electrons. The van der Waals surface area contributed by atoms with Gasteiger partial charge in [-0.25, -0.2) is 4.39 Å². The molecule has 1 aromatic heterocycles. The van der Waals surface area contributed by atoms with Gasteiger partial charge in [0.05, 0.1) is 28.3 Å². The average Bonchev–Trinajstić information content (AvgIpc) is 2.85. The predicted molar refractivity (Wildman–Crippen MR) is 89.5 cm³/mol. The van der Waals surface area contributed by atoms with E-state index in [0.717, 1.165) is 0 Å². The van der Waals surface area contributed by atoms with Crippen molar-refractivity contribution in [1.82, 2.24) is 9.29 Å². The molecule has 5 nitrogen and oxygen atoms in total. The first kappa shape index (κ1) is 17.8. The highest BCUT2D eigenvalue weighted by atomic mass is 35.5. The summed E-state index contributed by atoms with van der Waals surface area (Å²) in [6, 6.07) is 5.89. The second-order valence-electron chi connectivity index (χ2n) is 5.27. The van der Waals surface area contributed by atoms with E-state index in [1.807, 2.05) is 13.8 Å². The number of nitrogens with zero attached hydrogens (tertiary/aromatic N) is 1. The van der Waals surface area contributed by atoms with Crippen LogP contribution < -0.4 is 10.0 Å². The summed E-state index contributed by atoms with van der Waals surface area (Å²) < 4.78 is 30.3. The van der Waals surface area contributed by atoms with Gasteiger partial charge in [-0.2, -0.15) is 0 Å². The van der Waals surface area contributed by atoms with Gasteiger partial charge in [-0.05, 0) is 26.0 Å². The summed E-state index contributed by atoms with van der Waals surface area (Å²) in [7, 11) is 1.65. The highest BCUT2D eigenvalue weighted by Gasteiger charge is 2.21. The lowest BCUT2D eigenvalue weighted by Gasteiger charge is -2.10. The van der Waals surface area contributed by atoms with Crippen LogP contribution in [-0.4, -0.2) is 21.1 Å². The van der Waals surface area contributed by atoms with E-state index in [9.17, 15) is 13.7 Å². The van der Waals surface area contributed by atoms with Crippen LogP contribution in [0.4, 0.5) is 10.1 Å². The number of nitrogens with one attached hydrogen (secondary N) is 2. The monoisotopic (exact) mass is 357 g/mol. The molecule has 0 aliphatic rings. The second kappa shape index (κ2) is 7.35. The summed E-state index contributed by atoms with van der Waals surface area (Å²) in [6.45, 7) is 3.74. The molecule has 1 unspecified atom stereocenters. The smallest absolute Gasteiger partial charge is 0.272 e. The summed E-state index contributed by atoms with van der Waals surface area (Å²) in [4.78, 5) is 12.8. The zero-order valence-electron chi connectivity index (χ0n) is 12.9. The molecular weight excluding hydrogens is 341 g/mol. The van der Waals surface area contributed by atoms with Gasteiger partial charge in [0.1, 0.15) is 5.69 Å². The highest BCUT2D eigenvalue weighted by Crippen LogP contribution is 2.23. The number of rotatable bonds is 5. The third kappa shape index (κ3) is 4.26. The van der Waals surface area contributed by atoms with Gasteiger partial charge in [-0.3, -0.25) is 4.79 Å². The van der Waals surface area contributed by atoms with Gasteiger partial charge in [0.2, 0.25) is 0 Å². The molecule has 0 aliphatic carbocycles. The topological polar surface area (TPSA) is 69.1 Å². The number of anilines is 1. The number of aromatic nitrogens is 1. The van der Waals surface area contributed by atoms with E-state index in [-0.39, 0.29) is 22.4 Å². The molecule has 0 spiro atoms. The predicted octanol–water partition coefficient (Wildman–Crippen LogP) is 3.09. The van der Waals surface area contributed by atoms with Gasteiger partial charge < -0.3 is 14.4 Å². The van der Waals surface area contributed by atoms with Crippen LogP contribution in [0.25, 0.3) is 0 Å². The summed E-state index contributed by atoms with van der Waals surface area (Å²) >= 11 is 4.27. The number of benzene rings is 1. The van der Waals surface area contributed by atoms with Gasteiger partial charge in [0, 0.05) is 19.2 Å². The number of aryl methyl sites for hydroxylation is 1. The normalized spacial score (nSPS) is 12.5. The SMILES string of the molecule is CC(C)N[S+]([O-])c1cc(C(=O)Nc2cccc(Cl)c2F)n(C)c1. The molecule has 2 aromatic rings. The van der Waals surface area contributed by atoms with Crippen molar-refractivity contribution < 1.29 is 13.7 Å². The second-order valence-corrected chi connectivity index (χ2v) is 6.92. The molecule has 0 saturated carbocycles. The lowest BCUT2D eigenvalue weighted by Crippen LogP contribution is -2.30. The molecule has 1 amide bonds. The Balaban J connectivity index is 2.20. The quantitative estimate of drug-likeness (QED) is 0.808. The van der Waals surface area contributed by atoms with Crippen molar-refractivity contribution in [1.29, 1.82) is 0 Å². The molecule has 2 N–H and O–H groups in total. The zero-order valence-corrected chi connectivity index (χ0v) is 14.5. The van der Waals surface area contributed by atoms with Crippen LogP contribution in [0.5, 0.6) is 0 Å². The summed E-state index contributed by atoms with van der Waals surface area (Å²) in [5.41, 5.74) is 0.255. The first-order valence-corrected chi connectivity index (χ1v) is 8.42. The third-order valence-corrected chi connectivity index (χ3v) is 4.60. The van der Waals surface area contributed by atoms with Crippen molar-refractivity contribution in [2.75, 3.05) is 5.32 Å². The molecule has 0 saturated heterocycles. The molecule has 0 bridgehead atoms. The van der Waals surface area contributed by atoms with E-state index in [1.165, 1.54) is 22.8 Å². The van der Waals surface area contributed by atoms with Crippen LogP contribution in [0.15, 0.2) is 35.4 Å². The zero-order chi connectivity index (χ0) is 17.1. The van der Waals surface area contributed by atoms with Gasteiger partial charge in [0.25, 0.3) is 5.91 Å². The fourth-order valence-electron chi connectivity index (χ4n) is 1.93. The maximum Gasteiger partial charge on any atom is 0.272 e. The molecule has 1 heterocycles. The number of carbonyl (C=O) groups is 1. The van der Waals surface area contributed by atoms with Crippen LogP contribution in [0.1, 0.15) is 24.3 Å². The van der Waals surface area contributed by atoms with E-state index >= 15 is 0 Å². The van der Waals surface area contributed by atoms with E-state index in [1.54, 1.807) is 19.3 Å². The number of hydrogen-bond acceptors (Lipinski definition) is 3. The standard InChI is InChI=1S/C15H17ClFN3O2S/c1-9(2)19-23(22)10-7-13(20(3)8-10)15(21)18-12-6-4-5-11(16)14(12)17/h4-9,19H,1-3H3,(H,18,21). The number of hydrogen-bond donors (Lipinski definition) is 2. The Morgan fingerprint density at radius 2 is 2.13 bits per heavy atom. The van der Waals surface area contributed by atoms with Crippen LogP contribution in [0.3, 0.4) is 0 Å². The van der Waals surface area contributed by atoms with Crippen molar-refractivity contribution in [2.24, 2.45) is 7.05 Å². The Morgan fingerprint density at radius 1 is 1.43 bits per heavy atom. The Morgan fingerprint density at radius 3 is 2.78 bits per heavy atom. The lowest BCUT2D eigenvalue weighted by molar-refractivity contribution is 0.101. The van der Waals surface area contributed by atoms with Crippen molar-refractivity contribution in [2.45, 2.75) is 24.8 Å². The first-order chi connectivity index (χ1) is 10.8. The Labute approximate surface area is 142 Å². The molecule has 2 rings (SSSR count). The first-order valence-electron chi connectivity index (χ1n) is 6.89. The Bertz CT molecular complexity index is 721. The minimum absolute atomic E-state index is 0.00771. The molecule has 0 fully saturated rings. The summed E-state index contributed by atoms with van der Waals surface area (Å²) in [5, 5.41) is 2.39. The summed E-state index contributed by atoms with van der Waals surface area (Å²) in [5.74, 6) is -1.21. The van der Waals surface area contributed by atoms with Gasteiger partial charge in [-0.1, -0.05) is 17.7 Å². The molecule has 0 aliphatic heterocycles. The van der Waals surface area contributed by atoms with Crippen molar-refractivity contribution in [3.05, 3.63) is 47.0 Å². The van der Waals surface area contributed by atoms with E-state index in [2.05, 4.69) is 10.0 Å². The lowest BCUT2D eigenvalue weighted by atomic mass is 10.3. The average molecular weight is 358 g/mol. The van der Waals surface area contributed by atoms with Crippen LogP contribution >= 0.6 is 11.6 Å². The number of amides is 1. The molecule has 23 heavy (non-hydrogen) atoms. The summed E-state index contributed by atoms with van der Waals surface area (Å²) in [6.07, 6.45) is 1.59. The molecule has 1 aromatic carbocycles. The fourth-order valence-corrected chi connectivity index (χ4v) is 3.14. The van der Waals surface area contributed by atoms with E-state index in [0.29, 0.717) is 4.90 Å². The molecular formula is C15H17ClFN3O2S. The maximum atomic E-state index is 13.8. The molecule has 8 heteroatoms. The fraction of sp³-hybridized carbons (Fsp3) is 0.267. The van der Waals surface area contributed by atoms with Crippen LogP contribution in [-0.2, 0) is 18.4 Å². The maximum absolute atomic E-state index is 13.8. The van der Waals surface area contributed by atoms with Gasteiger partial charge in [0.15, 0.2) is 10.7 Å². The minimum Gasteiger partial charge on any atom is -0.593 e. The van der Waals surface area contributed by atoms with Crippen molar-refractivity contribution in [3.8, 4) is 0 Å². The van der Waals surface area contributed by atoms with Gasteiger partial charge in [-0.15, -0.1) is 4.72 Å². The number of halogens is 2.